The number of rotatable bonds is 6. The molecule has 29 heavy (non-hydrogen) atoms. The molecule has 0 radical (unpaired) electrons. The molecule has 0 amide bonds. The summed E-state index contributed by atoms with van der Waals surface area (Å²) in [4.78, 5) is 13.4. The van der Waals surface area contributed by atoms with Crippen LogP contribution in [0.3, 0.4) is 0 Å². The number of aryl methyl sites for hydroxylation is 1. The molecule has 4 aromatic rings. The van der Waals surface area contributed by atoms with Crippen LogP contribution in [-0.2, 0) is 13.1 Å². The Morgan fingerprint density at radius 3 is 2.76 bits per heavy atom. The first-order valence-electron chi connectivity index (χ1n) is 9.50. The van der Waals surface area contributed by atoms with Crippen LogP contribution in [0, 0.1) is 6.92 Å². The highest BCUT2D eigenvalue weighted by atomic mass is 15.3. The normalized spacial score (nSPS) is 11.7. The molecule has 9 nitrogen and oxygen atoms in total. The van der Waals surface area contributed by atoms with Crippen LogP contribution in [0.4, 0.5) is 0 Å². The topological polar surface area (TPSA) is 97.3 Å². The van der Waals surface area contributed by atoms with Crippen molar-refractivity contribution < 1.29 is 0 Å². The number of fused-ring (bicyclic) bond motifs is 1. The van der Waals surface area contributed by atoms with Gasteiger partial charge in [-0.25, -0.2) is 15.0 Å². The first-order chi connectivity index (χ1) is 14.2. The van der Waals surface area contributed by atoms with E-state index in [1.165, 1.54) is 0 Å². The quantitative estimate of drug-likeness (QED) is 0.386. The van der Waals surface area contributed by atoms with Gasteiger partial charge < -0.3 is 10.6 Å². The second kappa shape index (κ2) is 8.51. The zero-order valence-electron chi connectivity index (χ0n) is 16.4. The number of guanidine groups is 1. The average Bonchev–Trinajstić information content (AvgIpc) is 3.37. The summed E-state index contributed by atoms with van der Waals surface area (Å²) >= 11 is 0. The summed E-state index contributed by atoms with van der Waals surface area (Å²) in [5.74, 6) is 3.29. The Hall–Kier alpha value is -3.75. The van der Waals surface area contributed by atoms with Crippen LogP contribution >= 0.6 is 0 Å². The summed E-state index contributed by atoms with van der Waals surface area (Å²) in [5, 5.41) is 15.0. The molecule has 0 aliphatic rings. The lowest BCUT2D eigenvalue weighted by Crippen LogP contribution is -2.37. The van der Waals surface area contributed by atoms with Crippen molar-refractivity contribution in [2.75, 3.05) is 6.54 Å². The molecule has 0 aliphatic heterocycles. The van der Waals surface area contributed by atoms with Crippen molar-refractivity contribution in [1.29, 1.82) is 0 Å². The van der Waals surface area contributed by atoms with Gasteiger partial charge in [-0.05, 0) is 37.6 Å². The van der Waals surface area contributed by atoms with Gasteiger partial charge in [0, 0.05) is 31.3 Å². The van der Waals surface area contributed by atoms with Crippen molar-refractivity contribution in [3.8, 4) is 5.82 Å². The molecule has 148 valence electrons. The third-order valence-corrected chi connectivity index (χ3v) is 4.44. The predicted octanol–water partition coefficient (Wildman–Crippen LogP) is 1.87. The van der Waals surface area contributed by atoms with Gasteiger partial charge >= 0.3 is 0 Å². The van der Waals surface area contributed by atoms with Crippen molar-refractivity contribution >= 4 is 11.6 Å². The molecule has 0 bridgehead atoms. The minimum Gasteiger partial charge on any atom is -0.357 e. The minimum atomic E-state index is 0.520. The standard InChI is InChI=1S/C20H23N9/c1-3-21-20(25-14-19-27-26-18-6-4-5-10-29(18)19)24-13-16-7-8-17(23-12-16)28-11-9-22-15(28)2/h4-12H,3,13-14H2,1-2H3,(H2,21,24,25). The number of hydrogen-bond donors (Lipinski definition) is 2. The molecule has 0 aromatic carbocycles. The van der Waals surface area contributed by atoms with Gasteiger partial charge in [-0.3, -0.25) is 8.97 Å². The molecular formula is C20H23N9. The SMILES string of the molecule is CCNC(=NCc1ccc(-n2ccnc2C)nc1)NCc1nnc2ccccn12. The van der Waals surface area contributed by atoms with E-state index in [1.54, 1.807) is 6.20 Å². The van der Waals surface area contributed by atoms with E-state index >= 15 is 0 Å². The summed E-state index contributed by atoms with van der Waals surface area (Å²) in [6.07, 6.45) is 7.46. The monoisotopic (exact) mass is 389 g/mol. The lowest BCUT2D eigenvalue weighted by atomic mass is 10.3. The lowest BCUT2D eigenvalue weighted by Gasteiger charge is -2.10. The second-order valence-corrected chi connectivity index (χ2v) is 6.46. The molecule has 4 heterocycles. The van der Waals surface area contributed by atoms with Crippen molar-refractivity contribution in [1.82, 2.24) is 39.8 Å². The lowest BCUT2D eigenvalue weighted by molar-refractivity contribution is 0.765. The summed E-state index contributed by atoms with van der Waals surface area (Å²) in [6.45, 7) is 5.80. The molecule has 2 N–H and O–H groups in total. The largest absolute Gasteiger partial charge is 0.357 e. The van der Waals surface area contributed by atoms with E-state index in [4.69, 9.17) is 0 Å². The van der Waals surface area contributed by atoms with Crippen molar-refractivity contribution in [3.63, 3.8) is 0 Å². The molecule has 0 saturated heterocycles. The van der Waals surface area contributed by atoms with E-state index in [2.05, 4.69) is 35.8 Å². The van der Waals surface area contributed by atoms with Gasteiger partial charge in [0.25, 0.3) is 0 Å². The Kier molecular flexibility index (Phi) is 5.46. The average molecular weight is 389 g/mol. The van der Waals surface area contributed by atoms with Gasteiger partial charge in [0.05, 0.1) is 13.1 Å². The smallest absolute Gasteiger partial charge is 0.191 e. The highest BCUT2D eigenvalue weighted by molar-refractivity contribution is 5.79. The maximum Gasteiger partial charge on any atom is 0.191 e. The predicted molar refractivity (Wildman–Crippen MR) is 111 cm³/mol. The van der Waals surface area contributed by atoms with Crippen molar-refractivity contribution in [2.24, 2.45) is 4.99 Å². The summed E-state index contributed by atoms with van der Waals surface area (Å²) < 4.78 is 3.90. The van der Waals surface area contributed by atoms with Gasteiger partial charge in [-0.2, -0.15) is 0 Å². The third kappa shape index (κ3) is 4.23. The molecule has 0 aliphatic carbocycles. The van der Waals surface area contributed by atoms with E-state index < -0.39 is 0 Å². The van der Waals surface area contributed by atoms with E-state index in [0.717, 1.165) is 41.2 Å². The maximum atomic E-state index is 4.65. The number of nitrogens with zero attached hydrogens (tertiary/aromatic N) is 7. The van der Waals surface area contributed by atoms with Crippen LogP contribution in [0.25, 0.3) is 11.5 Å². The highest BCUT2D eigenvalue weighted by Gasteiger charge is 2.06. The van der Waals surface area contributed by atoms with Crippen LogP contribution in [0.1, 0.15) is 24.1 Å². The summed E-state index contributed by atoms with van der Waals surface area (Å²) in [7, 11) is 0. The molecular weight excluding hydrogens is 366 g/mol. The van der Waals surface area contributed by atoms with Crippen molar-refractivity contribution in [3.05, 3.63) is 72.3 Å². The first-order valence-corrected chi connectivity index (χ1v) is 9.50. The molecule has 9 heteroatoms. The maximum absolute atomic E-state index is 4.65. The summed E-state index contributed by atoms with van der Waals surface area (Å²) in [6, 6.07) is 9.84. The molecule has 0 unspecified atom stereocenters. The molecule has 0 atom stereocenters. The van der Waals surface area contributed by atoms with Crippen molar-refractivity contribution in [2.45, 2.75) is 26.9 Å². The Bertz CT molecular complexity index is 1110. The number of imidazole rings is 1. The number of nitrogens with one attached hydrogen (secondary N) is 2. The van der Waals surface area contributed by atoms with E-state index in [1.807, 2.05) is 71.7 Å². The first kappa shape index (κ1) is 18.6. The van der Waals surface area contributed by atoms with Gasteiger partial charge in [-0.15, -0.1) is 10.2 Å². The fourth-order valence-electron chi connectivity index (χ4n) is 2.96. The van der Waals surface area contributed by atoms with Crippen LogP contribution in [0.5, 0.6) is 0 Å². The molecule has 0 fully saturated rings. The molecule has 0 spiro atoms. The Morgan fingerprint density at radius 2 is 2.00 bits per heavy atom. The van der Waals surface area contributed by atoms with E-state index in [9.17, 15) is 0 Å². The molecule has 0 saturated carbocycles. The third-order valence-electron chi connectivity index (χ3n) is 4.44. The number of aliphatic imine (C=N–C) groups is 1. The Morgan fingerprint density at radius 1 is 1.07 bits per heavy atom. The van der Waals surface area contributed by atoms with Gasteiger partial charge in [-0.1, -0.05) is 12.1 Å². The number of pyridine rings is 2. The second-order valence-electron chi connectivity index (χ2n) is 6.46. The fraction of sp³-hybridized carbons (Fsp3) is 0.250. The number of hydrogen-bond acceptors (Lipinski definition) is 5. The zero-order chi connectivity index (χ0) is 20.1. The van der Waals surface area contributed by atoms with Crippen LogP contribution in [0.15, 0.2) is 60.1 Å². The molecule has 4 aromatic heterocycles. The number of aromatic nitrogens is 6. The van der Waals surface area contributed by atoms with Gasteiger partial charge in [0.1, 0.15) is 11.6 Å². The van der Waals surface area contributed by atoms with Gasteiger partial charge in [0.15, 0.2) is 17.4 Å². The zero-order valence-corrected chi connectivity index (χ0v) is 16.4. The fourth-order valence-corrected chi connectivity index (χ4v) is 2.96. The van der Waals surface area contributed by atoms with Crippen LogP contribution in [0.2, 0.25) is 0 Å². The van der Waals surface area contributed by atoms with E-state index in [-0.39, 0.29) is 0 Å². The van der Waals surface area contributed by atoms with Crippen LogP contribution < -0.4 is 10.6 Å². The summed E-state index contributed by atoms with van der Waals surface area (Å²) in [5.41, 5.74) is 1.85. The van der Waals surface area contributed by atoms with Gasteiger partial charge in [0.2, 0.25) is 0 Å². The Labute approximate surface area is 168 Å². The minimum absolute atomic E-state index is 0.520. The van der Waals surface area contributed by atoms with Crippen LogP contribution in [-0.4, -0.2) is 41.6 Å². The molecule has 4 rings (SSSR count). The van der Waals surface area contributed by atoms with E-state index in [0.29, 0.717) is 13.1 Å². The Balaban J connectivity index is 1.42. The highest BCUT2D eigenvalue weighted by Crippen LogP contribution is 2.09.